The number of rotatable bonds is 7. The maximum absolute atomic E-state index is 8.94. The van der Waals surface area contributed by atoms with Crippen LogP contribution in [-0.4, -0.2) is 23.2 Å². The molecule has 1 aromatic heterocycles. The molecule has 1 unspecified atom stereocenters. The Kier molecular flexibility index (Phi) is 6.26. The number of nitrogens with one attached hydrogen (secondary N) is 1. The van der Waals surface area contributed by atoms with Crippen molar-refractivity contribution >= 4 is 11.3 Å². The highest BCUT2D eigenvalue weighted by molar-refractivity contribution is 7.11. The molecule has 18 heavy (non-hydrogen) atoms. The second kappa shape index (κ2) is 7.22. The van der Waals surface area contributed by atoms with E-state index in [2.05, 4.69) is 38.0 Å². The first-order chi connectivity index (χ1) is 8.47. The molecule has 0 amide bonds. The average molecular weight is 270 g/mol. The molecule has 4 heteroatoms. The van der Waals surface area contributed by atoms with Crippen LogP contribution in [0.5, 0.6) is 0 Å². The molecule has 0 radical (unpaired) electrons. The largest absolute Gasteiger partial charge is 0.396 e. The molecule has 0 saturated carbocycles. The smallest absolute Gasteiger partial charge is 0.0981 e. The molecule has 1 heterocycles. The molecule has 0 aliphatic rings. The second-order valence-corrected chi connectivity index (χ2v) is 6.91. The molecular weight excluding hydrogens is 244 g/mol. The van der Waals surface area contributed by atoms with Crippen LogP contribution in [0, 0.1) is 5.92 Å². The van der Waals surface area contributed by atoms with Crippen LogP contribution in [0.25, 0.3) is 0 Å². The van der Waals surface area contributed by atoms with Gasteiger partial charge < -0.3 is 10.4 Å². The predicted octanol–water partition coefficient (Wildman–Crippen LogP) is 2.94. The van der Waals surface area contributed by atoms with Crippen molar-refractivity contribution in [3.8, 4) is 0 Å². The molecule has 1 aromatic rings. The first kappa shape index (κ1) is 15.6. The van der Waals surface area contributed by atoms with Crippen LogP contribution >= 0.6 is 11.3 Å². The second-order valence-electron chi connectivity index (χ2n) is 5.80. The summed E-state index contributed by atoms with van der Waals surface area (Å²) in [7, 11) is 0. The van der Waals surface area contributed by atoms with Crippen LogP contribution in [0.1, 0.15) is 50.4 Å². The van der Waals surface area contributed by atoms with Crippen LogP contribution in [0.3, 0.4) is 0 Å². The van der Waals surface area contributed by atoms with Gasteiger partial charge in [-0.2, -0.15) is 0 Å². The molecule has 0 fully saturated rings. The standard InChI is InChI=1S/C14H26N2OS/c1-5-11(6-7-17)8-15-9-12-10-16-13(18-12)14(2,3)4/h10-11,15,17H,5-9H2,1-4H3. The van der Waals surface area contributed by atoms with Crippen molar-refractivity contribution in [1.82, 2.24) is 10.3 Å². The maximum atomic E-state index is 8.94. The number of aliphatic hydroxyl groups is 1. The van der Waals surface area contributed by atoms with Crippen LogP contribution in [-0.2, 0) is 12.0 Å². The fourth-order valence-electron chi connectivity index (χ4n) is 1.77. The summed E-state index contributed by atoms with van der Waals surface area (Å²) in [4.78, 5) is 5.77. The SMILES string of the molecule is CCC(CCO)CNCc1cnc(C(C)(C)C)s1. The van der Waals surface area contributed by atoms with Crippen molar-refractivity contribution in [1.29, 1.82) is 0 Å². The summed E-state index contributed by atoms with van der Waals surface area (Å²) >= 11 is 1.79. The highest BCUT2D eigenvalue weighted by atomic mass is 32.1. The Balaban J connectivity index is 2.37. The van der Waals surface area contributed by atoms with E-state index < -0.39 is 0 Å². The lowest BCUT2D eigenvalue weighted by Crippen LogP contribution is -2.22. The fourth-order valence-corrected chi connectivity index (χ4v) is 2.71. The molecule has 0 saturated heterocycles. The molecule has 0 aromatic carbocycles. The Bertz CT molecular complexity index is 344. The summed E-state index contributed by atoms with van der Waals surface area (Å²) < 4.78 is 0. The van der Waals surface area contributed by atoms with E-state index in [9.17, 15) is 0 Å². The van der Waals surface area contributed by atoms with Crippen molar-refractivity contribution in [3.05, 3.63) is 16.1 Å². The number of aromatic nitrogens is 1. The van der Waals surface area contributed by atoms with Gasteiger partial charge in [0.25, 0.3) is 0 Å². The van der Waals surface area contributed by atoms with Gasteiger partial charge in [0.1, 0.15) is 0 Å². The van der Waals surface area contributed by atoms with Gasteiger partial charge >= 0.3 is 0 Å². The predicted molar refractivity (Wildman–Crippen MR) is 78.0 cm³/mol. The molecule has 0 aliphatic heterocycles. The summed E-state index contributed by atoms with van der Waals surface area (Å²) in [5.74, 6) is 0.574. The van der Waals surface area contributed by atoms with Crippen molar-refractivity contribution in [2.24, 2.45) is 5.92 Å². The Hall–Kier alpha value is -0.450. The summed E-state index contributed by atoms with van der Waals surface area (Å²) in [6.07, 6.45) is 3.98. The zero-order valence-corrected chi connectivity index (χ0v) is 12.8. The number of hydrogen-bond acceptors (Lipinski definition) is 4. The fraction of sp³-hybridized carbons (Fsp3) is 0.786. The van der Waals surface area contributed by atoms with Gasteiger partial charge in [0.15, 0.2) is 0 Å². The lowest BCUT2D eigenvalue weighted by molar-refractivity contribution is 0.251. The summed E-state index contributed by atoms with van der Waals surface area (Å²) in [6.45, 7) is 10.9. The third kappa shape index (κ3) is 5.04. The summed E-state index contributed by atoms with van der Waals surface area (Å²) in [5.41, 5.74) is 0.145. The molecule has 1 rings (SSSR count). The number of thiazole rings is 1. The minimum atomic E-state index is 0.145. The van der Waals surface area contributed by atoms with Crippen molar-refractivity contribution in [2.75, 3.05) is 13.2 Å². The van der Waals surface area contributed by atoms with Crippen LogP contribution in [0.15, 0.2) is 6.20 Å². The Morgan fingerprint density at radius 2 is 2.17 bits per heavy atom. The van der Waals surface area contributed by atoms with Crippen LogP contribution < -0.4 is 5.32 Å². The average Bonchev–Trinajstić information content (AvgIpc) is 2.76. The van der Waals surface area contributed by atoms with Gasteiger partial charge in [0, 0.05) is 29.6 Å². The zero-order chi connectivity index (χ0) is 13.6. The lowest BCUT2D eigenvalue weighted by atomic mass is 9.98. The highest BCUT2D eigenvalue weighted by Crippen LogP contribution is 2.26. The van der Waals surface area contributed by atoms with Crippen molar-refractivity contribution < 1.29 is 5.11 Å². The minimum absolute atomic E-state index is 0.145. The Morgan fingerprint density at radius 3 is 2.67 bits per heavy atom. The first-order valence-electron chi connectivity index (χ1n) is 6.74. The van der Waals surface area contributed by atoms with Crippen molar-refractivity contribution in [2.45, 2.75) is 52.5 Å². The van der Waals surface area contributed by atoms with Gasteiger partial charge in [-0.3, -0.25) is 0 Å². The topological polar surface area (TPSA) is 45.1 Å². The molecule has 0 aliphatic carbocycles. The minimum Gasteiger partial charge on any atom is -0.396 e. The van der Waals surface area contributed by atoms with E-state index in [0.29, 0.717) is 5.92 Å². The summed E-state index contributed by atoms with van der Waals surface area (Å²) in [5, 5.41) is 13.6. The van der Waals surface area contributed by atoms with E-state index in [1.807, 2.05) is 6.20 Å². The van der Waals surface area contributed by atoms with Gasteiger partial charge in [-0.1, -0.05) is 34.1 Å². The first-order valence-corrected chi connectivity index (χ1v) is 7.55. The molecule has 1 atom stereocenters. The van der Waals surface area contributed by atoms with E-state index in [1.165, 1.54) is 9.88 Å². The van der Waals surface area contributed by atoms with Gasteiger partial charge in [-0.25, -0.2) is 4.98 Å². The number of hydrogen-bond donors (Lipinski definition) is 2. The Morgan fingerprint density at radius 1 is 1.44 bits per heavy atom. The van der Waals surface area contributed by atoms with Crippen LogP contribution in [0.4, 0.5) is 0 Å². The van der Waals surface area contributed by atoms with Crippen LogP contribution in [0.2, 0.25) is 0 Å². The van der Waals surface area contributed by atoms with Gasteiger partial charge in [0.2, 0.25) is 0 Å². The van der Waals surface area contributed by atoms with E-state index in [-0.39, 0.29) is 12.0 Å². The van der Waals surface area contributed by atoms with E-state index in [4.69, 9.17) is 5.11 Å². The van der Waals surface area contributed by atoms with Gasteiger partial charge in [-0.05, 0) is 18.9 Å². The van der Waals surface area contributed by atoms with Gasteiger partial charge in [-0.15, -0.1) is 11.3 Å². The third-order valence-corrected chi connectivity index (χ3v) is 4.47. The van der Waals surface area contributed by atoms with E-state index >= 15 is 0 Å². The lowest BCUT2D eigenvalue weighted by Gasteiger charge is -2.14. The summed E-state index contributed by atoms with van der Waals surface area (Å²) in [6, 6.07) is 0. The monoisotopic (exact) mass is 270 g/mol. The maximum Gasteiger partial charge on any atom is 0.0981 e. The zero-order valence-electron chi connectivity index (χ0n) is 12.0. The third-order valence-electron chi connectivity index (χ3n) is 3.04. The normalized spacial score (nSPS) is 13.8. The van der Waals surface area contributed by atoms with Crippen molar-refractivity contribution in [3.63, 3.8) is 0 Å². The Labute approximate surface area is 115 Å². The molecule has 0 bridgehead atoms. The number of nitrogens with zero attached hydrogens (tertiary/aromatic N) is 1. The van der Waals surface area contributed by atoms with Gasteiger partial charge in [0.05, 0.1) is 5.01 Å². The molecule has 104 valence electrons. The quantitative estimate of drug-likeness (QED) is 0.800. The molecule has 2 N–H and O–H groups in total. The van der Waals surface area contributed by atoms with E-state index in [1.54, 1.807) is 11.3 Å². The molecule has 0 spiro atoms. The van der Waals surface area contributed by atoms with E-state index in [0.717, 1.165) is 25.9 Å². The highest BCUT2D eigenvalue weighted by Gasteiger charge is 2.17. The molecular formula is C14H26N2OS. The number of aliphatic hydroxyl groups excluding tert-OH is 1. The molecule has 3 nitrogen and oxygen atoms in total.